The molecule has 0 heterocycles. The van der Waals surface area contributed by atoms with Crippen molar-refractivity contribution in [3.05, 3.63) is 22.8 Å². The third-order valence-electron chi connectivity index (χ3n) is 1.00. The first-order chi connectivity index (χ1) is 4.66. The smallest absolute Gasteiger partial charge is 0.124 e. The second-order valence-electron chi connectivity index (χ2n) is 2.14. The van der Waals surface area contributed by atoms with Gasteiger partial charge in [-0.15, -0.1) is 0 Å². The minimum Gasteiger partial charge on any atom is -0.303 e. The van der Waals surface area contributed by atoms with E-state index < -0.39 is 0 Å². The molecule has 0 aliphatic carbocycles. The lowest BCUT2D eigenvalue weighted by molar-refractivity contribution is -0.107. The highest BCUT2D eigenvalue weighted by atomic mass is 35.5. The van der Waals surface area contributed by atoms with Crippen LogP contribution in [-0.2, 0) is 4.79 Å². The molecule has 0 spiro atoms. The van der Waals surface area contributed by atoms with Crippen LogP contribution in [0.5, 0.6) is 0 Å². The molecule has 0 aliphatic heterocycles. The number of aldehydes is 1. The van der Waals surface area contributed by atoms with Crippen LogP contribution in [0.1, 0.15) is 20.3 Å². The molecule has 0 amide bonds. The topological polar surface area (TPSA) is 17.1 Å². The average Bonchev–Trinajstić information content (AvgIpc) is 1.85. The van der Waals surface area contributed by atoms with Crippen LogP contribution in [0.25, 0.3) is 0 Å². The molecule has 0 saturated heterocycles. The summed E-state index contributed by atoms with van der Waals surface area (Å²) in [5.74, 6) is 0. The van der Waals surface area contributed by atoms with E-state index in [9.17, 15) is 4.79 Å². The van der Waals surface area contributed by atoms with Gasteiger partial charge in [-0.1, -0.05) is 23.3 Å². The van der Waals surface area contributed by atoms with E-state index in [0.717, 1.165) is 16.9 Å². The lowest BCUT2D eigenvalue weighted by Gasteiger charge is -1.88. The van der Waals surface area contributed by atoms with Crippen molar-refractivity contribution < 1.29 is 4.79 Å². The van der Waals surface area contributed by atoms with Gasteiger partial charge in [0, 0.05) is 11.5 Å². The zero-order valence-electron chi connectivity index (χ0n) is 6.23. The van der Waals surface area contributed by atoms with E-state index in [0.29, 0.717) is 6.42 Å². The molecule has 0 radical (unpaired) electrons. The van der Waals surface area contributed by atoms with Gasteiger partial charge in [-0.3, -0.25) is 0 Å². The molecule has 0 unspecified atom stereocenters. The van der Waals surface area contributed by atoms with Crippen molar-refractivity contribution in [2.75, 3.05) is 0 Å². The molecule has 10 heavy (non-hydrogen) atoms. The molecule has 0 aromatic carbocycles. The highest BCUT2D eigenvalue weighted by molar-refractivity contribution is 6.29. The second-order valence-corrected chi connectivity index (χ2v) is 2.73. The maximum atomic E-state index is 9.97. The van der Waals surface area contributed by atoms with Gasteiger partial charge in [-0.2, -0.15) is 0 Å². The average molecular weight is 159 g/mol. The first-order valence-corrected chi connectivity index (χ1v) is 3.48. The van der Waals surface area contributed by atoms with Crippen LogP contribution < -0.4 is 0 Å². The second kappa shape index (κ2) is 5.24. The maximum absolute atomic E-state index is 9.97. The lowest BCUT2D eigenvalue weighted by atomic mass is 10.2. The van der Waals surface area contributed by atoms with Crippen molar-refractivity contribution in [3.8, 4) is 0 Å². The number of hydrogen-bond donors (Lipinski definition) is 0. The van der Waals surface area contributed by atoms with Crippen LogP contribution in [0.15, 0.2) is 22.8 Å². The summed E-state index contributed by atoms with van der Waals surface area (Å²) in [6.07, 6.45) is 4.99. The summed E-state index contributed by atoms with van der Waals surface area (Å²) in [5.41, 5.74) is 1.02. The fraction of sp³-hybridized carbons (Fsp3) is 0.375. The molecule has 56 valence electrons. The molecule has 2 heteroatoms. The highest BCUT2D eigenvalue weighted by Gasteiger charge is 1.83. The van der Waals surface area contributed by atoms with Crippen molar-refractivity contribution in [1.29, 1.82) is 0 Å². The van der Waals surface area contributed by atoms with Crippen LogP contribution in [0.3, 0.4) is 0 Å². The fourth-order valence-electron chi connectivity index (χ4n) is 0.457. The van der Waals surface area contributed by atoms with Crippen molar-refractivity contribution in [2.45, 2.75) is 20.3 Å². The van der Waals surface area contributed by atoms with Crippen molar-refractivity contribution in [2.24, 2.45) is 0 Å². The van der Waals surface area contributed by atoms with E-state index >= 15 is 0 Å². The lowest BCUT2D eigenvalue weighted by Crippen LogP contribution is -1.75. The standard InChI is InChI=1S/C8H11ClO/c1-7(5-6-10)3-4-8(2)9/h3-4,6H,5H2,1-2H3/b7-3+,8-4+. The van der Waals surface area contributed by atoms with Gasteiger partial charge in [-0.05, 0) is 19.9 Å². The summed E-state index contributed by atoms with van der Waals surface area (Å²) < 4.78 is 0. The van der Waals surface area contributed by atoms with Gasteiger partial charge in [0.1, 0.15) is 6.29 Å². The van der Waals surface area contributed by atoms with Crippen LogP contribution in [0, 0.1) is 0 Å². The van der Waals surface area contributed by atoms with Gasteiger partial charge in [0.05, 0.1) is 0 Å². The van der Waals surface area contributed by atoms with E-state index in [4.69, 9.17) is 11.6 Å². The van der Waals surface area contributed by atoms with Crippen LogP contribution in [0.4, 0.5) is 0 Å². The number of halogens is 1. The third kappa shape index (κ3) is 5.57. The van der Waals surface area contributed by atoms with Gasteiger partial charge >= 0.3 is 0 Å². The van der Waals surface area contributed by atoms with Gasteiger partial charge in [0.15, 0.2) is 0 Å². The predicted molar refractivity (Wildman–Crippen MR) is 44.0 cm³/mol. The predicted octanol–water partition coefficient (Wildman–Crippen LogP) is 2.66. The Balaban J connectivity index is 3.91. The van der Waals surface area contributed by atoms with Crippen LogP contribution in [0.2, 0.25) is 0 Å². The molecule has 0 aromatic heterocycles. The Morgan fingerprint density at radius 3 is 2.40 bits per heavy atom. The number of carbonyl (C=O) groups excluding carboxylic acids is 1. The molecule has 0 N–H and O–H groups in total. The molecule has 1 nitrogen and oxygen atoms in total. The largest absolute Gasteiger partial charge is 0.303 e. The number of rotatable bonds is 3. The molecule has 0 atom stereocenters. The van der Waals surface area contributed by atoms with E-state index in [1.165, 1.54) is 0 Å². The first-order valence-electron chi connectivity index (χ1n) is 3.10. The Kier molecular flexibility index (Phi) is 4.95. The monoisotopic (exact) mass is 158 g/mol. The number of carbonyl (C=O) groups is 1. The van der Waals surface area contributed by atoms with Crippen LogP contribution in [-0.4, -0.2) is 6.29 Å². The Hall–Kier alpha value is -0.560. The number of allylic oxidation sites excluding steroid dienone is 4. The quantitative estimate of drug-likeness (QED) is 0.456. The van der Waals surface area contributed by atoms with Crippen molar-refractivity contribution in [1.82, 2.24) is 0 Å². The molecular weight excluding hydrogens is 148 g/mol. The van der Waals surface area contributed by atoms with Crippen LogP contribution >= 0.6 is 11.6 Å². The molecular formula is C8H11ClO. The summed E-state index contributed by atoms with van der Waals surface area (Å²) in [7, 11) is 0. The molecule has 0 aliphatic rings. The van der Waals surface area contributed by atoms with E-state index in [1.54, 1.807) is 13.0 Å². The van der Waals surface area contributed by atoms with Crippen molar-refractivity contribution >= 4 is 17.9 Å². The zero-order valence-corrected chi connectivity index (χ0v) is 6.98. The minimum atomic E-state index is 0.487. The van der Waals surface area contributed by atoms with Crippen molar-refractivity contribution in [3.63, 3.8) is 0 Å². The van der Waals surface area contributed by atoms with Gasteiger partial charge in [-0.25, -0.2) is 0 Å². The Morgan fingerprint density at radius 1 is 1.40 bits per heavy atom. The van der Waals surface area contributed by atoms with Gasteiger partial charge in [0.2, 0.25) is 0 Å². The summed E-state index contributed by atoms with van der Waals surface area (Å²) in [6.45, 7) is 3.69. The first kappa shape index (κ1) is 9.44. The number of hydrogen-bond acceptors (Lipinski definition) is 1. The molecule has 0 saturated carbocycles. The third-order valence-corrected chi connectivity index (χ3v) is 1.13. The van der Waals surface area contributed by atoms with E-state index in [-0.39, 0.29) is 0 Å². The normalized spacial score (nSPS) is 13.5. The van der Waals surface area contributed by atoms with Gasteiger partial charge < -0.3 is 4.79 Å². The summed E-state index contributed by atoms with van der Waals surface area (Å²) in [5, 5.41) is 0.727. The molecule has 0 aromatic rings. The Bertz CT molecular complexity index is 164. The van der Waals surface area contributed by atoms with Gasteiger partial charge in [0.25, 0.3) is 0 Å². The minimum absolute atomic E-state index is 0.487. The summed E-state index contributed by atoms with van der Waals surface area (Å²) in [6, 6.07) is 0. The molecule has 0 bridgehead atoms. The maximum Gasteiger partial charge on any atom is 0.124 e. The van der Waals surface area contributed by atoms with E-state index in [2.05, 4.69) is 0 Å². The summed E-state index contributed by atoms with van der Waals surface area (Å²) >= 11 is 5.55. The summed E-state index contributed by atoms with van der Waals surface area (Å²) in [4.78, 5) is 9.97. The zero-order chi connectivity index (χ0) is 7.98. The van der Waals surface area contributed by atoms with E-state index in [1.807, 2.05) is 13.0 Å². The Labute approximate surface area is 66.4 Å². The highest BCUT2D eigenvalue weighted by Crippen LogP contribution is 2.02. The Morgan fingerprint density at radius 2 is 2.00 bits per heavy atom. The fourth-order valence-corrected chi connectivity index (χ4v) is 0.520. The molecule has 0 rings (SSSR count). The molecule has 0 fully saturated rings. The SMILES string of the molecule is C/C(Cl)=C\C=C(/C)CC=O.